The molecular weight excluding hydrogens is 388 g/mol. The molecule has 0 aliphatic carbocycles. The third-order valence-corrected chi connectivity index (χ3v) is 4.99. The average molecular weight is 419 g/mol. The number of hydrogen-bond acceptors (Lipinski definition) is 3. The average Bonchev–Trinajstić information content (AvgIpc) is 2.69. The predicted octanol–water partition coefficient (Wildman–Crippen LogP) is 6.60. The van der Waals surface area contributed by atoms with Crippen LogP contribution < -0.4 is 4.74 Å². The maximum atomic E-state index is 5.78. The molecule has 1 aromatic carbocycles. The number of nitrogens with zero attached hydrogens (tertiary/aromatic N) is 2. The van der Waals surface area contributed by atoms with Crippen molar-refractivity contribution in [1.29, 1.82) is 0 Å². The molecule has 0 atom stereocenters. The summed E-state index contributed by atoms with van der Waals surface area (Å²) in [5, 5.41) is 1.07. The highest BCUT2D eigenvalue weighted by atomic mass is 79.9. The summed E-state index contributed by atoms with van der Waals surface area (Å²) in [6.45, 7) is 3.02. The summed E-state index contributed by atoms with van der Waals surface area (Å²) in [6.07, 6.45) is 15.0. The first-order valence-electron chi connectivity index (χ1n) is 9.93. The molecule has 1 aromatic heterocycles. The van der Waals surface area contributed by atoms with Crippen LogP contribution in [0.1, 0.15) is 63.9 Å². The standard InChI is InChI=1S/C22H31BrN2O/c1-2-3-4-5-7-10-19-17-24-22(25-18-19)20-11-13-21(14-12-20)26-16-9-6-8-15-23/h11-14,17-18H,2-10,15-16H2,1H3. The lowest BCUT2D eigenvalue weighted by Gasteiger charge is -2.07. The zero-order valence-corrected chi connectivity index (χ0v) is 17.5. The molecule has 0 N–H and O–H groups in total. The van der Waals surface area contributed by atoms with E-state index in [1.807, 2.05) is 36.7 Å². The van der Waals surface area contributed by atoms with E-state index in [0.29, 0.717) is 0 Å². The van der Waals surface area contributed by atoms with Crippen molar-refractivity contribution in [3.63, 3.8) is 0 Å². The van der Waals surface area contributed by atoms with Crippen molar-refractivity contribution in [2.75, 3.05) is 11.9 Å². The molecule has 0 bridgehead atoms. The van der Waals surface area contributed by atoms with Gasteiger partial charge in [0.15, 0.2) is 5.82 Å². The van der Waals surface area contributed by atoms with Gasteiger partial charge in [0.1, 0.15) is 5.75 Å². The lowest BCUT2D eigenvalue weighted by Crippen LogP contribution is -1.97. The smallest absolute Gasteiger partial charge is 0.159 e. The zero-order chi connectivity index (χ0) is 18.5. The number of benzene rings is 1. The number of hydrogen-bond donors (Lipinski definition) is 0. The second-order valence-electron chi connectivity index (χ2n) is 6.70. The molecule has 0 unspecified atom stereocenters. The number of alkyl halides is 1. The molecule has 26 heavy (non-hydrogen) atoms. The molecule has 1 heterocycles. The Kier molecular flexibility index (Phi) is 10.3. The van der Waals surface area contributed by atoms with Crippen LogP contribution >= 0.6 is 15.9 Å². The quantitative estimate of drug-likeness (QED) is 0.271. The van der Waals surface area contributed by atoms with Gasteiger partial charge in [0.25, 0.3) is 0 Å². The molecule has 2 aromatic rings. The van der Waals surface area contributed by atoms with Gasteiger partial charge in [0.2, 0.25) is 0 Å². The Morgan fingerprint density at radius 3 is 2.23 bits per heavy atom. The third kappa shape index (κ3) is 7.86. The van der Waals surface area contributed by atoms with Gasteiger partial charge in [0.05, 0.1) is 6.61 Å². The number of aryl methyl sites for hydroxylation is 1. The molecule has 3 nitrogen and oxygen atoms in total. The van der Waals surface area contributed by atoms with Gasteiger partial charge in [-0.15, -0.1) is 0 Å². The summed E-state index contributed by atoms with van der Waals surface area (Å²) in [7, 11) is 0. The van der Waals surface area contributed by atoms with Gasteiger partial charge in [0, 0.05) is 23.3 Å². The lowest BCUT2D eigenvalue weighted by atomic mass is 10.1. The first kappa shape index (κ1) is 20.9. The van der Waals surface area contributed by atoms with Crippen LogP contribution in [0.2, 0.25) is 0 Å². The first-order chi connectivity index (χ1) is 12.8. The van der Waals surface area contributed by atoms with E-state index in [4.69, 9.17) is 4.74 Å². The van der Waals surface area contributed by atoms with Crippen LogP contribution in [0.3, 0.4) is 0 Å². The van der Waals surface area contributed by atoms with Gasteiger partial charge < -0.3 is 4.74 Å². The molecule has 0 saturated heterocycles. The maximum absolute atomic E-state index is 5.78. The fraction of sp³-hybridized carbons (Fsp3) is 0.545. The monoisotopic (exact) mass is 418 g/mol. The fourth-order valence-corrected chi connectivity index (χ4v) is 3.23. The van der Waals surface area contributed by atoms with Gasteiger partial charge in [-0.25, -0.2) is 9.97 Å². The molecule has 0 fully saturated rings. The number of aromatic nitrogens is 2. The molecule has 0 aliphatic heterocycles. The van der Waals surface area contributed by atoms with Gasteiger partial charge in [-0.3, -0.25) is 0 Å². The normalized spacial score (nSPS) is 10.8. The van der Waals surface area contributed by atoms with Gasteiger partial charge in [-0.1, -0.05) is 48.5 Å². The number of rotatable bonds is 13. The second kappa shape index (κ2) is 12.9. The molecule has 0 spiro atoms. The molecule has 0 aliphatic rings. The van der Waals surface area contributed by atoms with Crippen LogP contribution in [0.25, 0.3) is 11.4 Å². The van der Waals surface area contributed by atoms with E-state index in [9.17, 15) is 0 Å². The number of ether oxygens (including phenoxy) is 1. The lowest BCUT2D eigenvalue weighted by molar-refractivity contribution is 0.306. The Morgan fingerprint density at radius 1 is 0.846 bits per heavy atom. The van der Waals surface area contributed by atoms with Crippen molar-refractivity contribution in [1.82, 2.24) is 9.97 Å². The topological polar surface area (TPSA) is 35.0 Å². The summed E-state index contributed by atoms with van der Waals surface area (Å²) in [5.74, 6) is 1.69. The first-order valence-corrected chi connectivity index (χ1v) is 11.1. The van der Waals surface area contributed by atoms with E-state index >= 15 is 0 Å². The van der Waals surface area contributed by atoms with Gasteiger partial charge in [-0.2, -0.15) is 0 Å². The summed E-state index contributed by atoms with van der Waals surface area (Å²) in [6, 6.07) is 8.08. The van der Waals surface area contributed by atoms with Gasteiger partial charge >= 0.3 is 0 Å². The summed E-state index contributed by atoms with van der Waals surface area (Å²) in [4.78, 5) is 9.07. The molecule has 4 heteroatoms. The van der Waals surface area contributed by atoms with Crippen LogP contribution in [-0.2, 0) is 6.42 Å². The van der Waals surface area contributed by atoms with E-state index in [-0.39, 0.29) is 0 Å². The van der Waals surface area contributed by atoms with Crippen LogP contribution in [0.4, 0.5) is 0 Å². The highest BCUT2D eigenvalue weighted by Gasteiger charge is 2.03. The van der Waals surface area contributed by atoms with Gasteiger partial charge in [-0.05, 0) is 61.9 Å². The summed E-state index contributed by atoms with van der Waals surface area (Å²) in [5.41, 5.74) is 2.26. The number of unbranched alkanes of at least 4 members (excludes halogenated alkanes) is 6. The molecule has 0 radical (unpaired) electrons. The highest BCUT2D eigenvalue weighted by Crippen LogP contribution is 2.20. The van der Waals surface area contributed by atoms with E-state index in [2.05, 4.69) is 32.8 Å². The van der Waals surface area contributed by atoms with Crippen molar-refractivity contribution in [2.24, 2.45) is 0 Å². The van der Waals surface area contributed by atoms with Crippen LogP contribution in [0.5, 0.6) is 5.75 Å². The second-order valence-corrected chi connectivity index (χ2v) is 7.49. The van der Waals surface area contributed by atoms with Crippen LogP contribution in [0.15, 0.2) is 36.7 Å². The summed E-state index contributed by atoms with van der Waals surface area (Å²) >= 11 is 3.45. The predicted molar refractivity (Wildman–Crippen MR) is 113 cm³/mol. The van der Waals surface area contributed by atoms with Crippen molar-refractivity contribution in [3.8, 4) is 17.1 Å². The Bertz CT molecular complexity index is 543. The molecule has 0 saturated carbocycles. The van der Waals surface area contributed by atoms with E-state index in [1.54, 1.807) is 0 Å². The minimum atomic E-state index is 0.774. The van der Waals surface area contributed by atoms with E-state index in [1.165, 1.54) is 50.5 Å². The van der Waals surface area contributed by atoms with Crippen LogP contribution in [-0.4, -0.2) is 21.9 Å². The van der Waals surface area contributed by atoms with Crippen molar-refractivity contribution in [3.05, 3.63) is 42.2 Å². The Balaban J connectivity index is 1.77. The minimum Gasteiger partial charge on any atom is -0.494 e. The van der Waals surface area contributed by atoms with Crippen molar-refractivity contribution < 1.29 is 4.74 Å². The minimum absolute atomic E-state index is 0.774. The molecule has 2 rings (SSSR count). The van der Waals surface area contributed by atoms with E-state index in [0.717, 1.165) is 41.9 Å². The Hall–Kier alpha value is -1.42. The number of halogens is 1. The van der Waals surface area contributed by atoms with Crippen molar-refractivity contribution >= 4 is 15.9 Å². The zero-order valence-electron chi connectivity index (χ0n) is 15.9. The maximum Gasteiger partial charge on any atom is 0.159 e. The van der Waals surface area contributed by atoms with E-state index < -0.39 is 0 Å². The molecule has 142 valence electrons. The Labute approximate surface area is 166 Å². The molecular formula is C22H31BrN2O. The fourth-order valence-electron chi connectivity index (χ4n) is 2.83. The largest absolute Gasteiger partial charge is 0.494 e. The third-order valence-electron chi connectivity index (χ3n) is 4.43. The van der Waals surface area contributed by atoms with Crippen LogP contribution in [0, 0.1) is 0 Å². The molecule has 0 amide bonds. The SMILES string of the molecule is CCCCCCCc1cnc(-c2ccc(OCCCCCBr)cc2)nc1. The van der Waals surface area contributed by atoms with Crippen molar-refractivity contribution in [2.45, 2.75) is 64.7 Å². The summed E-state index contributed by atoms with van der Waals surface area (Å²) < 4.78 is 5.78. The highest BCUT2D eigenvalue weighted by molar-refractivity contribution is 9.09. The Morgan fingerprint density at radius 2 is 1.54 bits per heavy atom.